The van der Waals surface area contributed by atoms with Crippen LogP contribution in [0.4, 0.5) is 13.2 Å². The molecule has 0 aliphatic carbocycles. The molecule has 2 N–H and O–H groups in total. The number of thioether (sulfide) groups is 1. The Labute approximate surface area is 220 Å². The van der Waals surface area contributed by atoms with Gasteiger partial charge < -0.3 is 14.3 Å². The monoisotopic (exact) mass is 568 g/mol. The molecule has 0 bridgehead atoms. The number of aryl methyl sites for hydroxylation is 1. The summed E-state index contributed by atoms with van der Waals surface area (Å²) in [6.07, 6.45) is 0.288. The molecule has 4 rings (SSSR count). The zero-order valence-electron chi connectivity index (χ0n) is 20.5. The van der Waals surface area contributed by atoms with E-state index in [0.29, 0.717) is 17.8 Å². The van der Waals surface area contributed by atoms with Crippen LogP contribution in [0.15, 0.2) is 64.0 Å². The molecule has 2 aromatic heterocycles. The van der Waals surface area contributed by atoms with Gasteiger partial charge in [-0.15, -0.1) is 0 Å². The first-order valence-electron chi connectivity index (χ1n) is 11.2. The minimum Gasteiger partial charge on any atom is -0.332 e. The quantitative estimate of drug-likeness (QED) is 0.185. The average Bonchev–Trinajstić information content (AvgIpc) is 3.39. The summed E-state index contributed by atoms with van der Waals surface area (Å²) >= 11 is -0.198. The highest BCUT2D eigenvalue weighted by atomic mass is 32.2. The van der Waals surface area contributed by atoms with E-state index in [4.69, 9.17) is 18.8 Å². The Bertz CT molecular complexity index is 1460. The number of hydrogen-bond donors (Lipinski definition) is 2. The summed E-state index contributed by atoms with van der Waals surface area (Å²) in [6.45, 7) is 5.50. The number of phosphoric ester groups is 1. The maximum absolute atomic E-state index is 12.6. The summed E-state index contributed by atoms with van der Waals surface area (Å²) in [5, 5.41) is 8.48. The molecule has 0 atom stereocenters. The van der Waals surface area contributed by atoms with Gasteiger partial charge in [0.1, 0.15) is 0 Å². The van der Waals surface area contributed by atoms with Crippen LogP contribution in [0.2, 0.25) is 0 Å². The van der Waals surface area contributed by atoms with Crippen molar-refractivity contribution in [1.82, 2.24) is 19.9 Å². The second kappa shape index (κ2) is 10.7. The summed E-state index contributed by atoms with van der Waals surface area (Å²) in [6, 6.07) is 15.0. The molecule has 0 radical (unpaired) electrons. The average molecular weight is 569 g/mol. The number of alkyl halides is 3. The summed E-state index contributed by atoms with van der Waals surface area (Å²) in [5.74, 6) is 0.393. The number of benzene rings is 2. The zero-order valence-corrected chi connectivity index (χ0v) is 22.2. The van der Waals surface area contributed by atoms with Gasteiger partial charge in [0.15, 0.2) is 5.69 Å². The molecule has 4 aromatic rings. The van der Waals surface area contributed by atoms with E-state index in [1.54, 1.807) is 24.6 Å². The standard InChI is InChI=1S/C24H24F3N4O5PS/c1-15-11-20(22-28-21(30-35-22)18-7-9-19(10-8-18)38-24(25,26)27)29-31(15)14-17-6-4-5-16(12-17)13-23(2,3)36-37(32,33)34/h4-12H,13-14H2,1-3H3,(H2,32,33,34). The van der Waals surface area contributed by atoms with Crippen LogP contribution in [0.1, 0.15) is 30.7 Å². The minimum absolute atomic E-state index is 0.0567. The Balaban J connectivity index is 1.47. The second-order valence-corrected chi connectivity index (χ2v) is 11.5. The number of aromatic nitrogens is 4. The first-order valence-corrected chi connectivity index (χ1v) is 13.6. The van der Waals surface area contributed by atoms with Crippen LogP contribution in [0.3, 0.4) is 0 Å². The number of halogens is 3. The lowest BCUT2D eigenvalue weighted by Crippen LogP contribution is -2.26. The largest absolute Gasteiger partial charge is 0.470 e. The van der Waals surface area contributed by atoms with Crippen LogP contribution < -0.4 is 0 Å². The third-order valence-electron chi connectivity index (χ3n) is 5.29. The van der Waals surface area contributed by atoms with Crippen LogP contribution in [0.5, 0.6) is 0 Å². The predicted octanol–water partition coefficient (Wildman–Crippen LogP) is 6.00. The Hall–Kier alpha value is -2.96. The third-order valence-corrected chi connectivity index (χ3v) is 6.76. The zero-order chi connectivity index (χ0) is 27.7. The molecular formula is C24H24F3N4O5PS. The van der Waals surface area contributed by atoms with Gasteiger partial charge in [-0.3, -0.25) is 9.21 Å². The number of nitrogens with zero attached hydrogens (tertiary/aromatic N) is 4. The van der Waals surface area contributed by atoms with Crippen LogP contribution in [0, 0.1) is 6.92 Å². The molecule has 2 heterocycles. The molecule has 0 unspecified atom stereocenters. The van der Waals surface area contributed by atoms with E-state index in [2.05, 4.69) is 15.2 Å². The predicted molar refractivity (Wildman–Crippen MR) is 134 cm³/mol. The summed E-state index contributed by atoms with van der Waals surface area (Å²) in [4.78, 5) is 22.7. The van der Waals surface area contributed by atoms with E-state index in [9.17, 15) is 17.7 Å². The molecule has 9 nitrogen and oxygen atoms in total. The second-order valence-electron chi connectivity index (χ2n) is 9.16. The van der Waals surface area contributed by atoms with Gasteiger partial charge in [0, 0.05) is 22.6 Å². The van der Waals surface area contributed by atoms with E-state index in [-0.39, 0.29) is 34.8 Å². The molecule has 0 amide bonds. The highest BCUT2D eigenvalue weighted by molar-refractivity contribution is 8.00. The molecule has 14 heteroatoms. The van der Waals surface area contributed by atoms with Crippen molar-refractivity contribution < 1.29 is 36.6 Å². The van der Waals surface area contributed by atoms with Gasteiger partial charge in [-0.05, 0) is 74.0 Å². The number of rotatable bonds is 9. The molecule has 0 saturated carbocycles. The van der Waals surface area contributed by atoms with Gasteiger partial charge in [-0.2, -0.15) is 23.3 Å². The van der Waals surface area contributed by atoms with Crippen molar-refractivity contribution in [2.75, 3.05) is 0 Å². The molecule has 202 valence electrons. The molecule has 0 saturated heterocycles. The van der Waals surface area contributed by atoms with Gasteiger partial charge in [-0.1, -0.05) is 29.4 Å². The van der Waals surface area contributed by atoms with Crippen molar-refractivity contribution in [3.8, 4) is 23.0 Å². The topological polar surface area (TPSA) is 124 Å². The first kappa shape index (κ1) is 28.1. The minimum atomic E-state index is -4.63. The SMILES string of the molecule is Cc1cc(-c2nc(-c3ccc(SC(F)(F)F)cc3)no2)nn1Cc1cccc(CC(C)(C)OP(=O)(O)O)c1. The van der Waals surface area contributed by atoms with Crippen LogP contribution >= 0.6 is 19.6 Å². The van der Waals surface area contributed by atoms with Gasteiger partial charge >= 0.3 is 13.3 Å². The van der Waals surface area contributed by atoms with Crippen molar-refractivity contribution in [3.63, 3.8) is 0 Å². The van der Waals surface area contributed by atoms with Crippen molar-refractivity contribution in [1.29, 1.82) is 0 Å². The van der Waals surface area contributed by atoms with E-state index in [0.717, 1.165) is 16.8 Å². The van der Waals surface area contributed by atoms with Crippen LogP contribution in [-0.2, 0) is 22.1 Å². The first-order chi connectivity index (χ1) is 17.7. The normalized spacial score (nSPS) is 12.7. The van der Waals surface area contributed by atoms with Crippen molar-refractivity contribution in [2.45, 2.75) is 49.7 Å². The fraction of sp³-hybridized carbons (Fsp3) is 0.292. The maximum atomic E-state index is 12.6. The smallest absolute Gasteiger partial charge is 0.332 e. The number of hydrogen-bond acceptors (Lipinski definition) is 7. The third kappa shape index (κ3) is 7.78. The fourth-order valence-electron chi connectivity index (χ4n) is 3.88. The van der Waals surface area contributed by atoms with Crippen LogP contribution in [0.25, 0.3) is 23.0 Å². The van der Waals surface area contributed by atoms with Crippen molar-refractivity contribution in [2.24, 2.45) is 0 Å². The summed E-state index contributed by atoms with van der Waals surface area (Å²) in [5.41, 5.74) is -1.91. The lowest BCUT2D eigenvalue weighted by molar-refractivity contribution is -0.0328. The maximum Gasteiger partial charge on any atom is 0.470 e. The Morgan fingerprint density at radius 3 is 2.42 bits per heavy atom. The van der Waals surface area contributed by atoms with E-state index < -0.39 is 18.9 Å². The van der Waals surface area contributed by atoms with E-state index >= 15 is 0 Å². The molecule has 2 aromatic carbocycles. The molecule has 0 aliphatic heterocycles. The van der Waals surface area contributed by atoms with E-state index in [1.165, 1.54) is 24.3 Å². The Morgan fingerprint density at radius 2 is 1.76 bits per heavy atom. The van der Waals surface area contributed by atoms with Gasteiger partial charge in [0.05, 0.1) is 12.1 Å². The number of phosphoric acid groups is 1. The lowest BCUT2D eigenvalue weighted by Gasteiger charge is -2.25. The van der Waals surface area contributed by atoms with Gasteiger partial charge in [-0.25, -0.2) is 4.57 Å². The van der Waals surface area contributed by atoms with Gasteiger partial charge in [0.25, 0.3) is 5.89 Å². The Kier molecular flexibility index (Phi) is 7.87. The van der Waals surface area contributed by atoms with E-state index in [1.807, 2.05) is 31.2 Å². The molecule has 38 heavy (non-hydrogen) atoms. The molecular weight excluding hydrogens is 544 g/mol. The highest BCUT2D eigenvalue weighted by Gasteiger charge is 2.30. The highest BCUT2D eigenvalue weighted by Crippen LogP contribution is 2.42. The summed E-state index contributed by atoms with van der Waals surface area (Å²) < 4.78 is 60.9. The Morgan fingerprint density at radius 1 is 1.08 bits per heavy atom. The molecule has 0 aliphatic rings. The molecule has 0 fully saturated rings. The molecule has 0 spiro atoms. The fourth-order valence-corrected chi connectivity index (χ4v) is 5.13. The lowest BCUT2D eigenvalue weighted by atomic mass is 9.97. The van der Waals surface area contributed by atoms with Crippen LogP contribution in [-0.4, -0.2) is 40.8 Å². The van der Waals surface area contributed by atoms with Crippen molar-refractivity contribution in [3.05, 3.63) is 71.4 Å². The van der Waals surface area contributed by atoms with Gasteiger partial charge in [0.2, 0.25) is 5.82 Å². The summed E-state index contributed by atoms with van der Waals surface area (Å²) in [7, 11) is -4.63. The van der Waals surface area contributed by atoms with Crippen molar-refractivity contribution >= 4 is 19.6 Å².